The maximum atomic E-state index is 11.7. The Morgan fingerprint density at radius 3 is 3.05 bits per heavy atom. The minimum absolute atomic E-state index is 0.258. The first-order chi connectivity index (χ1) is 10.4. The predicted molar refractivity (Wildman–Crippen MR) is 82.0 cm³/mol. The van der Waals surface area contributed by atoms with Crippen LogP contribution in [0.2, 0.25) is 0 Å². The van der Waals surface area contributed by atoms with Gasteiger partial charge in [-0.1, -0.05) is 5.16 Å². The third-order valence-corrected chi connectivity index (χ3v) is 5.22. The van der Waals surface area contributed by atoms with E-state index < -0.39 is 10.0 Å². The molecule has 1 atom stereocenters. The first-order valence-corrected chi connectivity index (χ1v) is 9.06. The maximum Gasteiger partial charge on any atom is 0.263 e. The SMILES string of the molecule is Cc1noc2ncnc(NCC3CCCN(S(C)(=O)=O)C3)c12. The molecule has 3 heterocycles. The van der Waals surface area contributed by atoms with Crippen LogP contribution in [0.3, 0.4) is 0 Å². The van der Waals surface area contributed by atoms with Crippen molar-refractivity contribution >= 4 is 26.9 Å². The second kappa shape index (κ2) is 5.81. The molecule has 0 saturated carbocycles. The van der Waals surface area contributed by atoms with Gasteiger partial charge in [0.1, 0.15) is 17.5 Å². The van der Waals surface area contributed by atoms with E-state index in [1.165, 1.54) is 12.6 Å². The Bertz CT molecular complexity index is 773. The number of fused-ring (bicyclic) bond motifs is 1. The van der Waals surface area contributed by atoms with Gasteiger partial charge < -0.3 is 9.84 Å². The Labute approximate surface area is 129 Å². The van der Waals surface area contributed by atoms with Crippen LogP contribution in [-0.4, -0.2) is 53.7 Å². The van der Waals surface area contributed by atoms with Crippen molar-refractivity contribution in [2.24, 2.45) is 5.92 Å². The van der Waals surface area contributed by atoms with E-state index in [1.54, 1.807) is 4.31 Å². The molecular formula is C13H19N5O3S. The smallest absolute Gasteiger partial charge is 0.263 e. The highest BCUT2D eigenvalue weighted by Gasteiger charge is 2.26. The number of nitrogens with zero attached hydrogens (tertiary/aromatic N) is 4. The van der Waals surface area contributed by atoms with Gasteiger partial charge in [0, 0.05) is 19.6 Å². The van der Waals surface area contributed by atoms with Crippen LogP contribution >= 0.6 is 0 Å². The standard InChI is InChI=1S/C13H19N5O3S/c1-9-11-12(15-8-16-13(11)21-17-9)14-6-10-4-3-5-18(7-10)22(2,19)20/h8,10H,3-7H2,1-2H3,(H,14,15,16). The summed E-state index contributed by atoms with van der Waals surface area (Å²) in [5.41, 5.74) is 1.19. The highest BCUT2D eigenvalue weighted by Crippen LogP contribution is 2.24. The van der Waals surface area contributed by atoms with Crippen molar-refractivity contribution in [1.29, 1.82) is 0 Å². The summed E-state index contributed by atoms with van der Waals surface area (Å²) in [6.45, 7) is 3.65. The quantitative estimate of drug-likeness (QED) is 0.895. The number of anilines is 1. The van der Waals surface area contributed by atoms with E-state index in [4.69, 9.17) is 4.52 Å². The fourth-order valence-corrected chi connectivity index (χ4v) is 3.73. The molecule has 0 aromatic carbocycles. The van der Waals surface area contributed by atoms with Crippen molar-refractivity contribution in [3.8, 4) is 0 Å². The summed E-state index contributed by atoms with van der Waals surface area (Å²) in [6, 6.07) is 0. The topological polar surface area (TPSA) is 101 Å². The molecule has 3 rings (SSSR count). The van der Waals surface area contributed by atoms with Gasteiger partial charge >= 0.3 is 0 Å². The summed E-state index contributed by atoms with van der Waals surface area (Å²) >= 11 is 0. The third-order valence-electron chi connectivity index (χ3n) is 3.95. The second-order valence-corrected chi connectivity index (χ2v) is 7.66. The summed E-state index contributed by atoms with van der Waals surface area (Å²) < 4.78 is 30.0. The van der Waals surface area contributed by atoms with Crippen molar-refractivity contribution < 1.29 is 12.9 Å². The van der Waals surface area contributed by atoms with E-state index in [0.717, 1.165) is 23.9 Å². The summed E-state index contributed by atoms with van der Waals surface area (Å²) in [5.74, 6) is 0.939. The lowest BCUT2D eigenvalue weighted by Gasteiger charge is -2.31. The van der Waals surface area contributed by atoms with E-state index in [1.807, 2.05) is 6.92 Å². The van der Waals surface area contributed by atoms with Crippen LogP contribution in [-0.2, 0) is 10.0 Å². The molecule has 8 nitrogen and oxygen atoms in total. The first-order valence-electron chi connectivity index (χ1n) is 7.21. The molecule has 0 radical (unpaired) electrons. The minimum Gasteiger partial charge on any atom is -0.369 e. The van der Waals surface area contributed by atoms with E-state index in [9.17, 15) is 8.42 Å². The molecule has 1 unspecified atom stereocenters. The Morgan fingerprint density at radius 2 is 2.27 bits per heavy atom. The average Bonchev–Trinajstić information content (AvgIpc) is 2.87. The van der Waals surface area contributed by atoms with E-state index >= 15 is 0 Å². The molecule has 120 valence electrons. The highest BCUT2D eigenvalue weighted by molar-refractivity contribution is 7.88. The summed E-state index contributed by atoms with van der Waals surface area (Å²) in [5, 5.41) is 7.95. The fraction of sp³-hybridized carbons (Fsp3) is 0.615. The molecule has 0 amide bonds. The summed E-state index contributed by atoms with van der Waals surface area (Å²) in [7, 11) is -3.12. The van der Waals surface area contributed by atoms with Gasteiger partial charge in [0.25, 0.3) is 5.71 Å². The number of hydrogen-bond donors (Lipinski definition) is 1. The highest BCUT2D eigenvalue weighted by atomic mass is 32.2. The molecule has 9 heteroatoms. The molecular weight excluding hydrogens is 306 g/mol. The van der Waals surface area contributed by atoms with E-state index in [0.29, 0.717) is 31.2 Å². The Kier molecular flexibility index (Phi) is 4.00. The molecule has 2 aromatic rings. The number of aryl methyl sites for hydroxylation is 1. The number of nitrogens with one attached hydrogen (secondary N) is 1. The summed E-state index contributed by atoms with van der Waals surface area (Å²) in [6.07, 6.45) is 4.57. The Balaban J connectivity index is 1.70. The molecule has 2 aromatic heterocycles. The van der Waals surface area contributed by atoms with Gasteiger partial charge in [-0.3, -0.25) is 0 Å². The van der Waals surface area contributed by atoms with Crippen molar-refractivity contribution in [3.05, 3.63) is 12.0 Å². The lowest BCUT2D eigenvalue weighted by Crippen LogP contribution is -2.41. The average molecular weight is 325 g/mol. The lowest BCUT2D eigenvalue weighted by molar-refractivity contribution is 0.276. The Morgan fingerprint density at radius 1 is 1.45 bits per heavy atom. The maximum absolute atomic E-state index is 11.7. The molecule has 1 saturated heterocycles. The number of aromatic nitrogens is 3. The molecule has 1 aliphatic rings. The van der Waals surface area contributed by atoms with Gasteiger partial charge in [-0.15, -0.1) is 0 Å². The molecule has 1 N–H and O–H groups in total. The minimum atomic E-state index is -3.12. The van der Waals surface area contributed by atoms with Crippen molar-refractivity contribution in [2.45, 2.75) is 19.8 Å². The lowest BCUT2D eigenvalue weighted by atomic mass is 10.00. The monoisotopic (exact) mass is 325 g/mol. The van der Waals surface area contributed by atoms with Crippen LogP contribution in [0.5, 0.6) is 0 Å². The van der Waals surface area contributed by atoms with Gasteiger partial charge in [0.05, 0.1) is 11.9 Å². The van der Waals surface area contributed by atoms with Crippen LogP contribution < -0.4 is 5.32 Å². The molecule has 0 aliphatic carbocycles. The van der Waals surface area contributed by atoms with Crippen molar-refractivity contribution in [2.75, 3.05) is 31.2 Å². The van der Waals surface area contributed by atoms with Gasteiger partial charge in [-0.25, -0.2) is 17.7 Å². The van der Waals surface area contributed by atoms with Crippen LogP contribution in [0, 0.1) is 12.8 Å². The predicted octanol–water partition coefficient (Wildman–Crippen LogP) is 1.01. The van der Waals surface area contributed by atoms with E-state index in [-0.39, 0.29) is 5.92 Å². The zero-order chi connectivity index (χ0) is 15.7. The van der Waals surface area contributed by atoms with Gasteiger partial charge in [-0.05, 0) is 25.7 Å². The van der Waals surface area contributed by atoms with Gasteiger partial charge in [0.15, 0.2) is 0 Å². The van der Waals surface area contributed by atoms with Crippen LogP contribution in [0.25, 0.3) is 11.1 Å². The molecule has 1 fully saturated rings. The third kappa shape index (κ3) is 3.05. The number of rotatable bonds is 4. The molecule has 1 aliphatic heterocycles. The van der Waals surface area contributed by atoms with Crippen LogP contribution in [0.15, 0.2) is 10.9 Å². The molecule has 0 bridgehead atoms. The van der Waals surface area contributed by atoms with Crippen LogP contribution in [0.4, 0.5) is 5.82 Å². The zero-order valence-electron chi connectivity index (χ0n) is 12.6. The first kappa shape index (κ1) is 15.2. The largest absolute Gasteiger partial charge is 0.369 e. The number of sulfonamides is 1. The second-order valence-electron chi connectivity index (χ2n) is 5.68. The van der Waals surface area contributed by atoms with Gasteiger partial charge in [0.2, 0.25) is 10.0 Å². The van der Waals surface area contributed by atoms with Crippen LogP contribution in [0.1, 0.15) is 18.5 Å². The molecule has 22 heavy (non-hydrogen) atoms. The molecule has 0 spiro atoms. The number of hydrogen-bond acceptors (Lipinski definition) is 7. The van der Waals surface area contributed by atoms with E-state index in [2.05, 4.69) is 20.4 Å². The van der Waals surface area contributed by atoms with Crippen molar-refractivity contribution in [1.82, 2.24) is 19.4 Å². The normalized spacial score (nSPS) is 20.4. The fourth-order valence-electron chi connectivity index (χ4n) is 2.79. The van der Waals surface area contributed by atoms with Gasteiger partial charge in [-0.2, -0.15) is 4.98 Å². The Hall–Kier alpha value is -1.74. The van der Waals surface area contributed by atoms with Crippen molar-refractivity contribution in [3.63, 3.8) is 0 Å². The summed E-state index contributed by atoms with van der Waals surface area (Å²) in [4.78, 5) is 8.27. The zero-order valence-corrected chi connectivity index (χ0v) is 13.4. The number of piperidine rings is 1.